The molecule has 0 aliphatic carbocycles. The summed E-state index contributed by atoms with van der Waals surface area (Å²) in [4.78, 5) is 45.1. The summed E-state index contributed by atoms with van der Waals surface area (Å²) in [7, 11) is 0. The van der Waals surface area contributed by atoms with E-state index in [0.717, 1.165) is 12.0 Å². The van der Waals surface area contributed by atoms with Crippen molar-refractivity contribution in [3.8, 4) is 0 Å². The number of aromatic amines is 1. The lowest BCUT2D eigenvalue weighted by Crippen LogP contribution is -2.54. The molecule has 0 saturated carbocycles. The summed E-state index contributed by atoms with van der Waals surface area (Å²) in [5.74, 6) is -0.274. The standard InChI is InChI=1S/C27H41N5O5/c1-5-19(4)14-29-25(34)13-24(33)22(11-18(2)3)31-26(35)23(12-21-15-28-17-30-21)32-27(36)37-16-20-9-7-6-8-10-20/h6-10,15,17-19,22-24,33H,5,11-14,16H2,1-4H3,(H,28,30)(H,29,34)(H,31,35)(H,32,36)/t19-,22?,23-,24?/m0/s1. The fourth-order valence-corrected chi connectivity index (χ4v) is 3.67. The van der Waals surface area contributed by atoms with Crippen molar-refractivity contribution in [3.63, 3.8) is 0 Å². The van der Waals surface area contributed by atoms with Crippen molar-refractivity contribution in [3.05, 3.63) is 54.1 Å². The molecule has 0 spiro atoms. The van der Waals surface area contributed by atoms with Gasteiger partial charge in [-0.3, -0.25) is 9.59 Å². The normalized spacial score (nSPS) is 14.3. The third-order valence-electron chi connectivity index (χ3n) is 6.06. The van der Waals surface area contributed by atoms with Gasteiger partial charge in [-0.2, -0.15) is 0 Å². The van der Waals surface area contributed by atoms with Gasteiger partial charge in [0.2, 0.25) is 11.8 Å². The van der Waals surface area contributed by atoms with Crippen LogP contribution >= 0.6 is 0 Å². The molecule has 2 aromatic rings. The lowest BCUT2D eigenvalue weighted by Gasteiger charge is -2.28. The largest absolute Gasteiger partial charge is 0.445 e. The summed E-state index contributed by atoms with van der Waals surface area (Å²) in [6.45, 7) is 8.61. The van der Waals surface area contributed by atoms with Crippen LogP contribution in [0.15, 0.2) is 42.9 Å². The molecule has 0 radical (unpaired) electrons. The minimum Gasteiger partial charge on any atom is -0.445 e. The van der Waals surface area contributed by atoms with Crippen LogP contribution in [0.5, 0.6) is 0 Å². The van der Waals surface area contributed by atoms with Crippen LogP contribution in [0.3, 0.4) is 0 Å². The topological polar surface area (TPSA) is 145 Å². The molecule has 0 aliphatic rings. The first kappa shape index (κ1) is 29.8. The molecule has 0 aliphatic heterocycles. The van der Waals surface area contributed by atoms with Crippen LogP contribution in [0.2, 0.25) is 0 Å². The number of carbonyl (C=O) groups is 3. The van der Waals surface area contributed by atoms with Gasteiger partial charge in [-0.05, 0) is 23.8 Å². The minimum absolute atomic E-state index is 0.0610. The number of benzene rings is 1. The van der Waals surface area contributed by atoms with Gasteiger partial charge in [0.25, 0.3) is 0 Å². The zero-order valence-electron chi connectivity index (χ0n) is 22.2. The number of nitrogens with one attached hydrogen (secondary N) is 4. The third-order valence-corrected chi connectivity index (χ3v) is 6.06. The van der Waals surface area contributed by atoms with Gasteiger partial charge in [0.1, 0.15) is 12.6 Å². The van der Waals surface area contributed by atoms with Crippen molar-refractivity contribution in [2.45, 2.75) is 78.2 Å². The number of amides is 3. The fourth-order valence-electron chi connectivity index (χ4n) is 3.67. The van der Waals surface area contributed by atoms with Crippen molar-refractivity contribution < 1.29 is 24.2 Å². The number of nitrogens with zero attached hydrogens (tertiary/aromatic N) is 1. The number of hydrogen-bond donors (Lipinski definition) is 5. The molecule has 1 aromatic heterocycles. The SMILES string of the molecule is CC[C@H](C)CNC(=O)CC(O)C(CC(C)C)NC(=O)[C@H](Cc1cnc[nH]1)NC(=O)OCc1ccccc1. The molecule has 1 aromatic carbocycles. The number of carbonyl (C=O) groups excluding carboxylic acids is 3. The van der Waals surface area contributed by atoms with E-state index in [1.54, 1.807) is 6.20 Å². The molecular formula is C27H41N5O5. The van der Waals surface area contributed by atoms with Crippen molar-refractivity contribution in [1.82, 2.24) is 25.9 Å². The molecule has 204 valence electrons. The van der Waals surface area contributed by atoms with Crippen LogP contribution < -0.4 is 16.0 Å². The molecule has 10 heteroatoms. The summed E-state index contributed by atoms with van der Waals surface area (Å²) in [6.07, 6.45) is 2.64. The summed E-state index contributed by atoms with van der Waals surface area (Å²) in [6, 6.07) is 7.56. The van der Waals surface area contributed by atoms with Gasteiger partial charge < -0.3 is 30.8 Å². The van der Waals surface area contributed by atoms with Crippen molar-refractivity contribution in [2.24, 2.45) is 11.8 Å². The first-order valence-corrected chi connectivity index (χ1v) is 12.9. The summed E-state index contributed by atoms with van der Waals surface area (Å²) >= 11 is 0. The van der Waals surface area contributed by atoms with Gasteiger partial charge >= 0.3 is 6.09 Å². The van der Waals surface area contributed by atoms with Crippen LogP contribution in [0, 0.1) is 11.8 Å². The Morgan fingerprint density at radius 3 is 2.46 bits per heavy atom. The molecule has 4 atom stereocenters. The Bertz CT molecular complexity index is 951. The van der Waals surface area contributed by atoms with Crippen LogP contribution in [0.25, 0.3) is 0 Å². The average Bonchev–Trinajstić information content (AvgIpc) is 3.38. The minimum atomic E-state index is -1.08. The predicted molar refractivity (Wildman–Crippen MR) is 140 cm³/mol. The molecule has 10 nitrogen and oxygen atoms in total. The number of imidazole rings is 1. The Kier molecular flexibility index (Phi) is 12.6. The second-order valence-corrected chi connectivity index (χ2v) is 9.87. The second kappa shape index (κ2) is 15.7. The Morgan fingerprint density at radius 2 is 1.84 bits per heavy atom. The molecule has 1 heterocycles. The quantitative estimate of drug-likeness (QED) is 0.247. The fraction of sp³-hybridized carbons (Fsp3) is 0.556. The maximum absolute atomic E-state index is 13.3. The first-order chi connectivity index (χ1) is 17.7. The van der Waals surface area contributed by atoms with Crippen LogP contribution in [-0.2, 0) is 27.4 Å². The van der Waals surface area contributed by atoms with E-state index in [9.17, 15) is 19.5 Å². The molecule has 2 unspecified atom stereocenters. The number of aliphatic hydroxyl groups excluding tert-OH is 1. The highest BCUT2D eigenvalue weighted by Crippen LogP contribution is 2.13. The molecule has 37 heavy (non-hydrogen) atoms. The highest BCUT2D eigenvalue weighted by molar-refractivity contribution is 5.86. The third kappa shape index (κ3) is 11.5. The lowest BCUT2D eigenvalue weighted by molar-refractivity contribution is -0.127. The molecule has 3 amide bonds. The van der Waals surface area contributed by atoms with Crippen molar-refractivity contribution in [1.29, 1.82) is 0 Å². The molecule has 5 N–H and O–H groups in total. The molecule has 0 bridgehead atoms. The van der Waals surface area contributed by atoms with E-state index in [-0.39, 0.29) is 31.3 Å². The number of aromatic nitrogens is 2. The maximum Gasteiger partial charge on any atom is 0.408 e. The summed E-state index contributed by atoms with van der Waals surface area (Å²) in [5.41, 5.74) is 1.47. The number of ether oxygens (including phenoxy) is 1. The van der Waals surface area contributed by atoms with Gasteiger partial charge in [-0.1, -0.05) is 64.4 Å². The van der Waals surface area contributed by atoms with E-state index in [1.807, 2.05) is 58.0 Å². The summed E-state index contributed by atoms with van der Waals surface area (Å²) < 4.78 is 5.29. The number of rotatable bonds is 15. The number of hydrogen-bond acceptors (Lipinski definition) is 6. The lowest BCUT2D eigenvalue weighted by atomic mass is 9.96. The average molecular weight is 516 g/mol. The Balaban J connectivity index is 2.04. The zero-order valence-corrected chi connectivity index (χ0v) is 22.2. The monoisotopic (exact) mass is 515 g/mol. The maximum atomic E-state index is 13.3. The number of H-pyrrole nitrogens is 1. The van der Waals surface area contributed by atoms with Crippen molar-refractivity contribution >= 4 is 17.9 Å². The Hall–Kier alpha value is -3.40. The van der Waals surface area contributed by atoms with Crippen LogP contribution in [0.1, 0.15) is 58.2 Å². The summed E-state index contributed by atoms with van der Waals surface area (Å²) in [5, 5.41) is 19.1. The highest BCUT2D eigenvalue weighted by atomic mass is 16.5. The molecule has 0 fully saturated rings. The van der Waals surface area contributed by atoms with Crippen LogP contribution in [0.4, 0.5) is 4.79 Å². The van der Waals surface area contributed by atoms with E-state index >= 15 is 0 Å². The van der Waals surface area contributed by atoms with E-state index in [4.69, 9.17) is 4.74 Å². The van der Waals surface area contributed by atoms with Gasteiger partial charge in [-0.25, -0.2) is 9.78 Å². The van der Waals surface area contributed by atoms with Crippen LogP contribution in [-0.4, -0.2) is 57.7 Å². The van der Waals surface area contributed by atoms with E-state index in [1.165, 1.54) is 6.33 Å². The number of aliphatic hydroxyl groups is 1. The van der Waals surface area contributed by atoms with Crippen molar-refractivity contribution in [2.75, 3.05) is 6.54 Å². The highest BCUT2D eigenvalue weighted by Gasteiger charge is 2.29. The Morgan fingerprint density at radius 1 is 1.11 bits per heavy atom. The van der Waals surface area contributed by atoms with Gasteiger partial charge in [0.05, 0.1) is 24.9 Å². The van der Waals surface area contributed by atoms with Gasteiger partial charge in [-0.15, -0.1) is 0 Å². The first-order valence-electron chi connectivity index (χ1n) is 12.9. The molecule has 2 rings (SSSR count). The van der Waals surface area contributed by atoms with E-state index < -0.39 is 30.2 Å². The smallest absolute Gasteiger partial charge is 0.408 e. The number of alkyl carbamates (subject to hydrolysis) is 1. The Labute approximate surface area is 219 Å². The second-order valence-electron chi connectivity index (χ2n) is 9.87. The molecular weight excluding hydrogens is 474 g/mol. The van der Waals surface area contributed by atoms with Gasteiger partial charge in [0, 0.05) is 24.9 Å². The van der Waals surface area contributed by atoms with E-state index in [2.05, 4.69) is 25.9 Å². The predicted octanol–water partition coefficient (Wildman–Crippen LogP) is 2.69. The van der Waals surface area contributed by atoms with Gasteiger partial charge in [0.15, 0.2) is 0 Å². The molecule has 0 saturated heterocycles. The zero-order chi connectivity index (χ0) is 27.2. The van der Waals surface area contributed by atoms with E-state index in [0.29, 0.717) is 24.6 Å².